The maximum Gasteiger partial charge on any atom is 0.226 e. The minimum Gasteiger partial charge on any atom is -0.338 e. The fourth-order valence-corrected chi connectivity index (χ4v) is 3.22. The van der Waals surface area contributed by atoms with Gasteiger partial charge in [-0.2, -0.15) is 0 Å². The number of nitrogens with two attached hydrogens (primary N) is 2. The molecule has 0 unspecified atom stereocenters. The van der Waals surface area contributed by atoms with E-state index in [1.54, 1.807) is 0 Å². The summed E-state index contributed by atoms with van der Waals surface area (Å²) in [7, 11) is 0. The fourth-order valence-electron chi connectivity index (χ4n) is 3.22. The lowest BCUT2D eigenvalue weighted by Gasteiger charge is -2.38. The molecule has 17 heavy (non-hydrogen) atoms. The summed E-state index contributed by atoms with van der Waals surface area (Å²) in [6, 6.07) is 0.494. The van der Waals surface area contributed by atoms with Crippen molar-refractivity contribution in [1.82, 2.24) is 4.90 Å². The Kier molecular flexibility index (Phi) is 4.40. The zero-order valence-corrected chi connectivity index (χ0v) is 10.6. The van der Waals surface area contributed by atoms with Crippen LogP contribution in [-0.4, -0.2) is 36.0 Å². The van der Waals surface area contributed by atoms with E-state index in [9.17, 15) is 4.79 Å². The van der Waals surface area contributed by atoms with E-state index in [4.69, 9.17) is 11.5 Å². The molecule has 2 aliphatic rings. The highest BCUT2D eigenvalue weighted by Crippen LogP contribution is 2.27. The summed E-state index contributed by atoms with van der Waals surface area (Å²) in [5, 5.41) is 0. The zero-order valence-electron chi connectivity index (χ0n) is 10.6. The number of nitrogens with zero attached hydrogens (tertiary/aromatic N) is 1. The van der Waals surface area contributed by atoms with Crippen LogP contribution in [0, 0.1) is 5.92 Å². The molecule has 4 N–H and O–H groups in total. The van der Waals surface area contributed by atoms with Crippen LogP contribution >= 0.6 is 0 Å². The highest BCUT2D eigenvalue weighted by atomic mass is 16.2. The minimum absolute atomic E-state index is 0.158. The molecule has 0 aromatic carbocycles. The van der Waals surface area contributed by atoms with Crippen molar-refractivity contribution in [2.45, 2.75) is 57.0 Å². The van der Waals surface area contributed by atoms with Crippen molar-refractivity contribution in [3.63, 3.8) is 0 Å². The van der Waals surface area contributed by atoms with Crippen LogP contribution in [0.4, 0.5) is 0 Å². The largest absolute Gasteiger partial charge is 0.338 e. The molecule has 1 saturated heterocycles. The summed E-state index contributed by atoms with van der Waals surface area (Å²) in [6.45, 7) is 1.50. The highest BCUT2D eigenvalue weighted by molar-refractivity contribution is 5.79. The molecule has 1 heterocycles. The number of carbonyl (C=O) groups is 1. The third-order valence-corrected chi connectivity index (χ3v) is 4.25. The second kappa shape index (κ2) is 5.83. The molecule has 1 amide bonds. The molecule has 4 nitrogen and oxygen atoms in total. The number of hydrogen-bond acceptors (Lipinski definition) is 3. The number of carbonyl (C=O) groups excluding carboxylic acids is 1. The van der Waals surface area contributed by atoms with Gasteiger partial charge in [0.1, 0.15) is 0 Å². The molecule has 3 atom stereocenters. The van der Waals surface area contributed by atoms with Gasteiger partial charge in [-0.05, 0) is 38.5 Å². The minimum atomic E-state index is 0.158. The van der Waals surface area contributed by atoms with Crippen LogP contribution in [0.5, 0.6) is 0 Å². The molecule has 0 aromatic heterocycles. The number of piperidine rings is 1. The van der Waals surface area contributed by atoms with Crippen LogP contribution in [-0.2, 0) is 4.79 Å². The van der Waals surface area contributed by atoms with Crippen LogP contribution < -0.4 is 11.5 Å². The Morgan fingerprint density at radius 3 is 2.71 bits per heavy atom. The van der Waals surface area contributed by atoms with Gasteiger partial charge in [0.25, 0.3) is 0 Å². The SMILES string of the molecule is NC[C@@H]1CCCCN1C(=O)[C@@H]1CCC[C@H](N)C1. The van der Waals surface area contributed by atoms with Crippen molar-refractivity contribution < 1.29 is 4.79 Å². The average molecular weight is 239 g/mol. The van der Waals surface area contributed by atoms with E-state index in [1.165, 1.54) is 6.42 Å². The Bertz CT molecular complexity index is 269. The molecule has 2 rings (SSSR count). The van der Waals surface area contributed by atoms with E-state index in [0.29, 0.717) is 12.5 Å². The van der Waals surface area contributed by atoms with E-state index in [2.05, 4.69) is 0 Å². The Balaban J connectivity index is 1.97. The van der Waals surface area contributed by atoms with Crippen LogP contribution in [0.25, 0.3) is 0 Å². The second-order valence-electron chi connectivity index (χ2n) is 5.54. The van der Waals surface area contributed by atoms with E-state index < -0.39 is 0 Å². The monoisotopic (exact) mass is 239 g/mol. The Morgan fingerprint density at radius 1 is 1.18 bits per heavy atom. The van der Waals surface area contributed by atoms with Gasteiger partial charge in [0.05, 0.1) is 0 Å². The standard InChI is InChI=1S/C13H25N3O/c14-9-12-6-1-2-7-16(12)13(17)10-4-3-5-11(15)8-10/h10-12H,1-9,14-15H2/t10-,11+,12+/m1/s1. The molecule has 0 radical (unpaired) electrons. The van der Waals surface area contributed by atoms with Crippen molar-refractivity contribution in [3.8, 4) is 0 Å². The first-order valence-electron chi connectivity index (χ1n) is 6.98. The van der Waals surface area contributed by atoms with Crippen molar-refractivity contribution >= 4 is 5.91 Å². The summed E-state index contributed by atoms with van der Waals surface area (Å²) in [5.41, 5.74) is 11.7. The number of amides is 1. The second-order valence-corrected chi connectivity index (χ2v) is 5.54. The third-order valence-electron chi connectivity index (χ3n) is 4.25. The quantitative estimate of drug-likeness (QED) is 0.750. The summed E-state index contributed by atoms with van der Waals surface area (Å²) >= 11 is 0. The first-order chi connectivity index (χ1) is 8.22. The third kappa shape index (κ3) is 2.99. The molecular formula is C13H25N3O. The van der Waals surface area contributed by atoms with E-state index in [1.807, 2.05) is 4.90 Å². The normalized spacial score (nSPS) is 34.7. The van der Waals surface area contributed by atoms with Gasteiger partial charge in [-0.1, -0.05) is 6.42 Å². The first-order valence-corrected chi connectivity index (χ1v) is 6.98. The van der Waals surface area contributed by atoms with Gasteiger partial charge < -0.3 is 16.4 Å². The van der Waals surface area contributed by atoms with E-state index >= 15 is 0 Å². The lowest BCUT2D eigenvalue weighted by Crippen LogP contribution is -2.50. The number of hydrogen-bond donors (Lipinski definition) is 2. The molecule has 1 aliphatic heterocycles. The molecule has 1 aliphatic carbocycles. The molecule has 98 valence electrons. The topological polar surface area (TPSA) is 72.3 Å². The number of rotatable bonds is 2. The lowest BCUT2D eigenvalue weighted by molar-refractivity contribution is -0.140. The number of likely N-dealkylation sites (tertiary alicyclic amines) is 1. The summed E-state index contributed by atoms with van der Waals surface area (Å²) in [5.74, 6) is 0.473. The maximum atomic E-state index is 12.5. The molecule has 0 aromatic rings. The Labute approximate surface area is 104 Å². The molecular weight excluding hydrogens is 214 g/mol. The predicted molar refractivity (Wildman–Crippen MR) is 68.3 cm³/mol. The van der Waals surface area contributed by atoms with Gasteiger partial charge in [-0.15, -0.1) is 0 Å². The zero-order chi connectivity index (χ0) is 12.3. The smallest absolute Gasteiger partial charge is 0.226 e. The summed E-state index contributed by atoms with van der Waals surface area (Å²) in [6.07, 6.45) is 7.45. The first kappa shape index (κ1) is 12.8. The van der Waals surface area contributed by atoms with E-state index in [0.717, 1.165) is 45.1 Å². The summed E-state index contributed by atoms with van der Waals surface area (Å²) in [4.78, 5) is 14.5. The molecule has 2 fully saturated rings. The van der Waals surface area contributed by atoms with E-state index in [-0.39, 0.29) is 18.0 Å². The van der Waals surface area contributed by atoms with Gasteiger partial charge in [-0.3, -0.25) is 4.79 Å². The van der Waals surface area contributed by atoms with Crippen molar-refractivity contribution in [3.05, 3.63) is 0 Å². The van der Waals surface area contributed by atoms with Crippen LogP contribution in [0.1, 0.15) is 44.9 Å². The van der Waals surface area contributed by atoms with Crippen molar-refractivity contribution in [2.75, 3.05) is 13.1 Å². The van der Waals surface area contributed by atoms with Gasteiger partial charge in [0.15, 0.2) is 0 Å². The lowest BCUT2D eigenvalue weighted by atomic mass is 9.84. The maximum absolute atomic E-state index is 12.5. The van der Waals surface area contributed by atoms with Crippen molar-refractivity contribution in [1.29, 1.82) is 0 Å². The fraction of sp³-hybridized carbons (Fsp3) is 0.923. The Morgan fingerprint density at radius 2 is 2.00 bits per heavy atom. The molecule has 1 saturated carbocycles. The van der Waals surface area contributed by atoms with Gasteiger partial charge >= 0.3 is 0 Å². The van der Waals surface area contributed by atoms with Crippen LogP contribution in [0.15, 0.2) is 0 Å². The Hall–Kier alpha value is -0.610. The van der Waals surface area contributed by atoms with Gasteiger partial charge in [0, 0.05) is 31.1 Å². The average Bonchev–Trinajstić information content (AvgIpc) is 2.38. The van der Waals surface area contributed by atoms with Gasteiger partial charge in [-0.25, -0.2) is 0 Å². The van der Waals surface area contributed by atoms with Crippen molar-refractivity contribution in [2.24, 2.45) is 17.4 Å². The highest BCUT2D eigenvalue weighted by Gasteiger charge is 2.33. The summed E-state index contributed by atoms with van der Waals surface area (Å²) < 4.78 is 0. The van der Waals surface area contributed by atoms with Crippen LogP contribution in [0.2, 0.25) is 0 Å². The van der Waals surface area contributed by atoms with Gasteiger partial charge in [0.2, 0.25) is 5.91 Å². The molecule has 0 bridgehead atoms. The predicted octanol–water partition coefficient (Wildman–Crippen LogP) is 0.844. The molecule has 0 spiro atoms. The van der Waals surface area contributed by atoms with Crippen LogP contribution in [0.3, 0.4) is 0 Å². The molecule has 4 heteroatoms.